The zero-order valence-corrected chi connectivity index (χ0v) is 14.4. The summed E-state index contributed by atoms with van der Waals surface area (Å²) in [5, 5.41) is 11.3. The summed E-state index contributed by atoms with van der Waals surface area (Å²) in [7, 11) is 0. The molecule has 1 aliphatic heterocycles. The molecule has 0 spiro atoms. The summed E-state index contributed by atoms with van der Waals surface area (Å²) in [6, 6.07) is 13.8. The van der Waals surface area contributed by atoms with E-state index in [0.29, 0.717) is 11.2 Å². The van der Waals surface area contributed by atoms with Gasteiger partial charge in [-0.05, 0) is 28.1 Å². The van der Waals surface area contributed by atoms with Crippen molar-refractivity contribution < 1.29 is 4.79 Å². The van der Waals surface area contributed by atoms with Crippen molar-refractivity contribution in [3.63, 3.8) is 0 Å². The van der Waals surface area contributed by atoms with Crippen molar-refractivity contribution in [1.29, 1.82) is 0 Å². The molecule has 0 N–H and O–H groups in total. The van der Waals surface area contributed by atoms with Gasteiger partial charge in [0.25, 0.3) is 5.91 Å². The Bertz CT molecular complexity index is 912. The Hall–Kier alpha value is -3.06. The standard InChI is InChI=1S/C19H20N6O/c26-19(17-8-9-18-20-21-22-25(18)15-17)24-13-11-23(12-14-24)10-4-7-16-5-2-1-3-6-16/h1-9,15H,10-14H2. The molecule has 0 bridgehead atoms. The molecule has 26 heavy (non-hydrogen) atoms. The van der Waals surface area contributed by atoms with E-state index in [4.69, 9.17) is 0 Å². The van der Waals surface area contributed by atoms with E-state index in [1.54, 1.807) is 18.3 Å². The van der Waals surface area contributed by atoms with Gasteiger partial charge in [0.2, 0.25) is 0 Å². The number of carbonyl (C=O) groups excluding carboxylic acids is 1. The Morgan fingerprint density at radius 2 is 1.85 bits per heavy atom. The third-order valence-electron chi connectivity index (χ3n) is 4.57. The van der Waals surface area contributed by atoms with Gasteiger partial charge in [-0.1, -0.05) is 42.5 Å². The average Bonchev–Trinajstić information content (AvgIpc) is 3.17. The molecule has 0 aliphatic carbocycles. The van der Waals surface area contributed by atoms with Crippen LogP contribution >= 0.6 is 0 Å². The van der Waals surface area contributed by atoms with E-state index in [1.807, 2.05) is 23.1 Å². The second-order valence-corrected chi connectivity index (χ2v) is 6.31. The van der Waals surface area contributed by atoms with Crippen molar-refractivity contribution in [2.45, 2.75) is 0 Å². The molecule has 1 saturated heterocycles. The SMILES string of the molecule is O=C(c1ccc2nnnn2c1)N1CCN(CC=Cc2ccccc2)CC1. The lowest BCUT2D eigenvalue weighted by Crippen LogP contribution is -2.48. The molecule has 1 aliphatic rings. The summed E-state index contributed by atoms with van der Waals surface area (Å²) in [4.78, 5) is 16.9. The average molecular weight is 348 g/mol. The van der Waals surface area contributed by atoms with Gasteiger partial charge < -0.3 is 4.90 Å². The van der Waals surface area contributed by atoms with Crippen LogP contribution in [-0.2, 0) is 0 Å². The molecule has 7 heteroatoms. The summed E-state index contributed by atoms with van der Waals surface area (Å²) < 4.78 is 1.53. The van der Waals surface area contributed by atoms with E-state index >= 15 is 0 Å². The number of piperazine rings is 1. The normalized spacial score (nSPS) is 15.8. The van der Waals surface area contributed by atoms with Crippen LogP contribution in [0.5, 0.6) is 0 Å². The lowest BCUT2D eigenvalue weighted by atomic mass is 10.2. The molecule has 0 saturated carbocycles. The molecular weight excluding hydrogens is 328 g/mol. The first-order valence-electron chi connectivity index (χ1n) is 8.70. The minimum absolute atomic E-state index is 0.0295. The van der Waals surface area contributed by atoms with Crippen molar-refractivity contribution in [2.75, 3.05) is 32.7 Å². The summed E-state index contributed by atoms with van der Waals surface area (Å²) in [6.07, 6.45) is 6.00. The maximum atomic E-state index is 12.7. The second kappa shape index (κ2) is 7.45. The van der Waals surface area contributed by atoms with Gasteiger partial charge in [-0.3, -0.25) is 9.69 Å². The van der Waals surface area contributed by atoms with Crippen molar-refractivity contribution in [3.05, 3.63) is 65.9 Å². The van der Waals surface area contributed by atoms with Gasteiger partial charge >= 0.3 is 0 Å². The summed E-state index contributed by atoms with van der Waals surface area (Å²) >= 11 is 0. The predicted molar refractivity (Wildman–Crippen MR) is 98.6 cm³/mol. The lowest BCUT2D eigenvalue weighted by Gasteiger charge is -2.34. The number of aromatic nitrogens is 4. The first kappa shape index (κ1) is 16.4. The van der Waals surface area contributed by atoms with Gasteiger partial charge in [0, 0.05) is 38.9 Å². The monoisotopic (exact) mass is 348 g/mol. The number of pyridine rings is 1. The van der Waals surface area contributed by atoms with Crippen LogP contribution in [0.1, 0.15) is 15.9 Å². The van der Waals surface area contributed by atoms with Gasteiger partial charge in [0.1, 0.15) is 0 Å². The molecular formula is C19H20N6O. The number of carbonyl (C=O) groups is 1. The number of tetrazole rings is 1. The van der Waals surface area contributed by atoms with Crippen LogP contribution in [0.25, 0.3) is 11.7 Å². The van der Waals surface area contributed by atoms with E-state index in [9.17, 15) is 4.79 Å². The molecule has 4 rings (SSSR count). The molecule has 2 aromatic heterocycles. The maximum absolute atomic E-state index is 12.7. The predicted octanol–water partition coefficient (Wildman–Crippen LogP) is 1.60. The quantitative estimate of drug-likeness (QED) is 0.716. The third kappa shape index (κ3) is 3.62. The largest absolute Gasteiger partial charge is 0.336 e. The van der Waals surface area contributed by atoms with Crippen LogP contribution in [0.15, 0.2) is 54.7 Å². The third-order valence-corrected chi connectivity index (χ3v) is 4.57. The van der Waals surface area contributed by atoms with Gasteiger partial charge in [-0.25, -0.2) is 0 Å². The minimum Gasteiger partial charge on any atom is -0.336 e. The number of amides is 1. The second-order valence-electron chi connectivity index (χ2n) is 6.31. The van der Waals surface area contributed by atoms with Gasteiger partial charge in [0.05, 0.1) is 5.56 Å². The molecule has 0 atom stereocenters. The molecule has 0 unspecified atom stereocenters. The lowest BCUT2D eigenvalue weighted by molar-refractivity contribution is 0.0649. The van der Waals surface area contributed by atoms with Crippen molar-refractivity contribution in [3.8, 4) is 0 Å². The van der Waals surface area contributed by atoms with Crippen molar-refractivity contribution in [2.24, 2.45) is 0 Å². The number of fused-ring (bicyclic) bond motifs is 1. The first-order valence-corrected chi connectivity index (χ1v) is 8.70. The Morgan fingerprint density at radius 3 is 2.65 bits per heavy atom. The van der Waals surface area contributed by atoms with Crippen LogP contribution in [0.4, 0.5) is 0 Å². The number of hydrogen-bond donors (Lipinski definition) is 0. The fraction of sp³-hybridized carbons (Fsp3) is 0.263. The van der Waals surface area contributed by atoms with E-state index in [0.717, 1.165) is 32.7 Å². The van der Waals surface area contributed by atoms with Crippen molar-refractivity contribution in [1.82, 2.24) is 29.8 Å². The number of rotatable bonds is 4. The molecule has 1 amide bonds. The highest BCUT2D eigenvalue weighted by atomic mass is 16.2. The Morgan fingerprint density at radius 1 is 1.04 bits per heavy atom. The molecule has 0 radical (unpaired) electrons. The van der Waals surface area contributed by atoms with Gasteiger partial charge in [-0.15, -0.1) is 5.10 Å². The van der Waals surface area contributed by atoms with Crippen molar-refractivity contribution >= 4 is 17.6 Å². The summed E-state index contributed by atoms with van der Waals surface area (Å²) in [6.45, 7) is 4.10. The molecule has 1 aromatic carbocycles. The van der Waals surface area contributed by atoms with Crippen LogP contribution in [0, 0.1) is 0 Å². The van der Waals surface area contributed by atoms with Crippen LogP contribution < -0.4 is 0 Å². The number of nitrogens with zero attached hydrogens (tertiary/aromatic N) is 6. The molecule has 1 fully saturated rings. The first-order chi connectivity index (χ1) is 12.8. The molecule has 132 valence electrons. The smallest absolute Gasteiger partial charge is 0.255 e. The molecule has 7 nitrogen and oxygen atoms in total. The van der Waals surface area contributed by atoms with Crippen LogP contribution in [0.2, 0.25) is 0 Å². The Labute approximate surface area is 151 Å². The zero-order valence-electron chi connectivity index (χ0n) is 14.4. The molecule has 3 heterocycles. The van der Waals surface area contributed by atoms with E-state index < -0.39 is 0 Å². The Kier molecular flexibility index (Phi) is 4.70. The zero-order chi connectivity index (χ0) is 17.8. The fourth-order valence-electron chi connectivity index (χ4n) is 3.09. The highest BCUT2D eigenvalue weighted by Crippen LogP contribution is 2.10. The summed E-state index contributed by atoms with van der Waals surface area (Å²) in [5.74, 6) is 0.0295. The topological polar surface area (TPSA) is 66.6 Å². The van der Waals surface area contributed by atoms with Crippen LogP contribution in [-0.4, -0.2) is 68.5 Å². The van der Waals surface area contributed by atoms with Crippen LogP contribution in [0.3, 0.4) is 0 Å². The highest BCUT2D eigenvalue weighted by molar-refractivity contribution is 5.94. The number of hydrogen-bond acceptors (Lipinski definition) is 5. The van der Waals surface area contributed by atoms with Gasteiger partial charge in [0.15, 0.2) is 5.65 Å². The van der Waals surface area contributed by atoms with Gasteiger partial charge in [-0.2, -0.15) is 4.52 Å². The minimum atomic E-state index is 0.0295. The Balaban J connectivity index is 1.31. The van der Waals surface area contributed by atoms with E-state index in [1.165, 1.54) is 10.1 Å². The fourth-order valence-corrected chi connectivity index (χ4v) is 3.09. The summed E-state index contributed by atoms with van der Waals surface area (Å²) in [5.41, 5.74) is 2.46. The number of benzene rings is 1. The maximum Gasteiger partial charge on any atom is 0.255 e. The van der Waals surface area contributed by atoms with E-state index in [-0.39, 0.29) is 5.91 Å². The highest BCUT2D eigenvalue weighted by Gasteiger charge is 2.22. The molecule has 3 aromatic rings. The van der Waals surface area contributed by atoms with E-state index in [2.05, 4.69) is 44.7 Å².